The molecule has 0 aromatic heterocycles. The quantitative estimate of drug-likeness (QED) is 0.705. The lowest BCUT2D eigenvalue weighted by Crippen LogP contribution is -2.22. The topological polar surface area (TPSA) is 9.23 Å². The lowest BCUT2D eigenvalue weighted by atomic mass is 9.91. The largest absolute Gasteiger partial charge is 0.369 e. The van der Waals surface area contributed by atoms with E-state index in [1.54, 1.807) is 7.11 Å². The lowest BCUT2D eigenvalue weighted by Gasteiger charge is -2.26. The van der Waals surface area contributed by atoms with E-state index in [0.717, 1.165) is 12.8 Å². The third kappa shape index (κ3) is 1.36. The van der Waals surface area contributed by atoms with Gasteiger partial charge in [0.1, 0.15) is 5.60 Å². The van der Waals surface area contributed by atoms with Crippen molar-refractivity contribution in [3.63, 3.8) is 0 Å². The first-order valence-electron chi connectivity index (χ1n) is 6.00. The zero-order valence-electron chi connectivity index (χ0n) is 10.1. The zero-order valence-corrected chi connectivity index (χ0v) is 10.1. The van der Waals surface area contributed by atoms with E-state index in [1.807, 2.05) is 6.08 Å². The molecule has 1 aliphatic rings. The van der Waals surface area contributed by atoms with Gasteiger partial charge in [0.05, 0.1) is 0 Å². The molecule has 0 aliphatic heterocycles. The normalized spacial score (nSPS) is 22.6. The summed E-state index contributed by atoms with van der Waals surface area (Å²) in [5.74, 6) is 0. The molecule has 1 unspecified atom stereocenters. The molecule has 0 heterocycles. The van der Waals surface area contributed by atoms with Crippen LogP contribution in [0.3, 0.4) is 0 Å². The van der Waals surface area contributed by atoms with Crippen LogP contribution in [0.15, 0.2) is 49.1 Å². The van der Waals surface area contributed by atoms with Gasteiger partial charge in [-0.25, -0.2) is 0 Å². The highest BCUT2D eigenvalue weighted by Gasteiger charge is 2.37. The highest BCUT2D eigenvalue weighted by molar-refractivity contribution is 5.88. The Hall–Kier alpha value is -1.60. The van der Waals surface area contributed by atoms with Gasteiger partial charge >= 0.3 is 0 Å². The molecule has 2 aromatic carbocycles. The third-order valence-corrected chi connectivity index (χ3v) is 3.90. The molecule has 0 bridgehead atoms. The average molecular weight is 224 g/mol. The summed E-state index contributed by atoms with van der Waals surface area (Å²) in [4.78, 5) is 0. The van der Waals surface area contributed by atoms with E-state index >= 15 is 0 Å². The van der Waals surface area contributed by atoms with E-state index in [4.69, 9.17) is 4.74 Å². The van der Waals surface area contributed by atoms with Gasteiger partial charge in [-0.2, -0.15) is 0 Å². The summed E-state index contributed by atoms with van der Waals surface area (Å²) in [6, 6.07) is 12.9. The van der Waals surface area contributed by atoms with Crippen molar-refractivity contribution in [2.45, 2.75) is 18.4 Å². The fraction of sp³-hybridized carbons (Fsp3) is 0.250. The van der Waals surface area contributed by atoms with E-state index in [1.165, 1.54) is 21.9 Å². The fourth-order valence-corrected chi connectivity index (χ4v) is 2.96. The molecule has 3 rings (SSSR count). The Morgan fingerprint density at radius 1 is 1.24 bits per heavy atom. The van der Waals surface area contributed by atoms with Crippen molar-refractivity contribution >= 4 is 10.8 Å². The molecule has 0 fully saturated rings. The maximum atomic E-state index is 5.76. The van der Waals surface area contributed by atoms with Crippen LogP contribution in [0, 0.1) is 0 Å². The maximum Gasteiger partial charge on any atom is 0.112 e. The predicted molar refractivity (Wildman–Crippen MR) is 71.2 cm³/mol. The minimum atomic E-state index is -0.295. The van der Waals surface area contributed by atoms with Gasteiger partial charge in [-0.05, 0) is 34.7 Å². The fourth-order valence-electron chi connectivity index (χ4n) is 2.96. The SMILES string of the molecule is C=CC1(OC)CCc2ccc3ccccc3c21. The molecule has 0 saturated heterocycles. The smallest absolute Gasteiger partial charge is 0.112 e. The van der Waals surface area contributed by atoms with Crippen LogP contribution in [0.25, 0.3) is 10.8 Å². The highest BCUT2D eigenvalue weighted by atomic mass is 16.5. The second-order valence-corrected chi connectivity index (χ2v) is 4.62. The van der Waals surface area contributed by atoms with Gasteiger partial charge in [0.15, 0.2) is 0 Å². The summed E-state index contributed by atoms with van der Waals surface area (Å²) < 4.78 is 5.76. The lowest BCUT2D eigenvalue weighted by molar-refractivity contribution is 0.0323. The summed E-state index contributed by atoms with van der Waals surface area (Å²) in [7, 11) is 1.78. The van der Waals surface area contributed by atoms with Gasteiger partial charge in [-0.1, -0.05) is 49.1 Å². The second-order valence-electron chi connectivity index (χ2n) is 4.62. The van der Waals surface area contributed by atoms with Gasteiger partial charge in [0.2, 0.25) is 0 Å². The molecular weight excluding hydrogens is 208 g/mol. The molecule has 1 nitrogen and oxygen atoms in total. The van der Waals surface area contributed by atoms with Crippen LogP contribution in [0.4, 0.5) is 0 Å². The van der Waals surface area contributed by atoms with Crippen molar-refractivity contribution in [1.29, 1.82) is 0 Å². The van der Waals surface area contributed by atoms with Crippen LogP contribution >= 0.6 is 0 Å². The number of rotatable bonds is 2. The van der Waals surface area contributed by atoms with E-state index in [-0.39, 0.29) is 5.60 Å². The standard InChI is InChI=1S/C16H16O/c1-3-16(17-2)11-10-13-9-8-12-6-4-5-7-14(12)15(13)16/h3-9H,1,10-11H2,2H3. The Morgan fingerprint density at radius 2 is 2.06 bits per heavy atom. The Morgan fingerprint density at radius 3 is 2.82 bits per heavy atom. The minimum absolute atomic E-state index is 0.295. The van der Waals surface area contributed by atoms with Gasteiger partial charge < -0.3 is 4.74 Å². The average Bonchev–Trinajstić information content (AvgIpc) is 2.78. The Kier molecular flexibility index (Phi) is 2.30. The van der Waals surface area contributed by atoms with E-state index in [0.29, 0.717) is 0 Å². The number of aryl methyl sites for hydroxylation is 1. The number of ether oxygens (including phenoxy) is 1. The molecule has 1 atom stereocenters. The van der Waals surface area contributed by atoms with Crippen LogP contribution in [-0.2, 0) is 16.8 Å². The first-order chi connectivity index (χ1) is 8.30. The van der Waals surface area contributed by atoms with E-state index in [2.05, 4.69) is 43.0 Å². The number of hydrogen-bond donors (Lipinski definition) is 0. The van der Waals surface area contributed by atoms with Gasteiger partial charge in [-0.15, -0.1) is 0 Å². The predicted octanol–water partition coefficient (Wildman–Crippen LogP) is 3.81. The molecule has 86 valence electrons. The molecule has 0 radical (unpaired) electrons. The number of fused-ring (bicyclic) bond motifs is 3. The summed E-state index contributed by atoms with van der Waals surface area (Å²) in [6.07, 6.45) is 4.02. The Bertz CT molecular complexity index is 585. The van der Waals surface area contributed by atoms with Crippen molar-refractivity contribution in [2.75, 3.05) is 7.11 Å². The van der Waals surface area contributed by atoms with Crippen molar-refractivity contribution in [1.82, 2.24) is 0 Å². The highest BCUT2D eigenvalue weighted by Crippen LogP contribution is 2.44. The zero-order chi connectivity index (χ0) is 11.9. The van der Waals surface area contributed by atoms with Crippen molar-refractivity contribution < 1.29 is 4.74 Å². The van der Waals surface area contributed by atoms with Crippen LogP contribution in [0.2, 0.25) is 0 Å². The van der Waals surface area contributed by atoms with Gasteiger partial charge in [-0.3, -0.25) is 0 Å². The van der Waals surface area contributed by atoms with Crippen LogP contribution < -0.4 is 0 Å². The van der Waals surface area contributed by atoms with Crippen molar-refractivity contribution in [3.8, 4) is 0 Å². The van der Waals surface area contributed by atoms with Crippen LogP contribution in [0.5, 0.6) is 0 Å². The maximum absolute atomic E-state index is 5.76. The molecule has 17 heavy (non-hydrogen) atoms. The minimum Gasteiger partial charge on any atom is -0.369 e. The van der Waals surface area contributed by atoms with E-state index in [9.17, 15) is 0 Å². The van der Waals surface area contributed by atoms with Gasteiger partial charge in [0.25, 0.3) is 0 Å². The van der Waals surface area contributed by atoms with Crippen molar-refractivity contribution in [2.24, 2.45) is 0 Å². The molecular formula is C16H16O. The molecule has 0 spiro atoms. The monoisotopic (exact) mass is 224 g/mol. The number of hydrogen-bond acceptors (Lipinski definition) is 1. The molecule has 1 heteroatoms. The van der Waals surface area contributed by atoms with Crippen LogP contribution in [0.1, 0.15) is 17.5 Å². The molecule has 1 aliphatic carbocycles. The summed E-state index contributed by atoms with van der Waals surface area (Å²) in [5.41, 5.74) is 2.41. The Balaban J connectivity index is 2.38. The molecule has 2 aromatic rings. The van der Waals surface area contributed by atoms with E-state index < -0.39 is 0 Å². The van der Waals surface area contributed by atoms with Crippen LogP contribution in [-0.4, -0.2) is 7.11 Å². The third-order valence-electron chi connectivity index (χ3n) is 3.90. The first kappa shape index (κ1) is 10.5. The van der Waals surface area contributed by atoms with Gasteiger partial charge in [0, 0.05) is 7.11 Å². The summed E-state index contributed by atoms with van der Waals surface area (Å²) in [6.45, 7) is 3.97. The molecule has 0 amide bonds. The summed E-state index contributed by atoms with van der Waals surface area (Å²) >= 11 is 0. The summed E-state index contributed by atoms with van der Waals surface area (Å²) in [5, 5.41) is 2.57. The second kappa shape index (κ2) is 3.71. The number of benzene rings is 2. The molecule has 0 N–H and O–H groups in total. The Labute approximate surface area is 102 Å². The first-order valence-corrected chi connectivity index (χ1v) is 6.00. The van der Waals surface area contributed by atoms with Crippen molar-refractivity contribution in [3.05, 3.63) is 60.2 Å². The molecule has 0 saturated carbocycles. The number of methoxy groups -OCH3 is 1.